The average Bonchev–Trinajstić information content (AvgIpc) is 2.20. The van der Waals surface area contributed by atoms with Gasteiger partial charge < -0.3 is 14.7 Å². The fourth-order valence-corrected chi connectivity index (χ4v) is 2.60. The molecule has 17 heavy (non-hydrogen) atoms. The number of nitrogens with zero attached hydrogens (tertiary/aromatic N) is 1. The Hall–Kier alpha value is -0.640. The minimum atomic E-state index is -4.00. The highest BCUT2D eigenvalue weighted by Gasteiger charge is 2.26. The van der Waals surface area contributed by atoms with Crippen molar-refractivity contribution >= 4 is 13.5 Å². The second-order valence-electron chi connectivity index (χ2n) is 4.30. The average molecular weight is 263 g/mol. The number of carbonyl (C=O) groups is 1. The molecule has 100 valence electrons. The maximum absolute atomic E-state index is 11.5. The van der Waals surface area contributed by atoms with Crippen LogP contribution in [0.25, 0.3) is 0 Å². The Morgan fingerprint density at radius 2 is 2.00 bits per heavy atom. The Morgan fingerprint density at radius 3 is 2.35 bits per heavy atom. The van der Waals surface area contributed by atoms with Gasteiger partial charge in [-0.25, -0.2) is 0 Å². The molecule has 0 aliphatic rings. The van der Waals surface area contributed by atoms with E-state index in [2.05, 4.69) is 6.58 Å². The van der Waals surface area contributed by atoms with Crippen LogP contribution in [0.4, 0.5) is 0 Å². The van der Waals surface area contributed by atoms with Gasteiger partial charge in [0.25, 0.3) is 0 Å². The normalized spacial score (nSPS) is 13.2. The molecule has 0 rings (SSSR count). The first-order valence-electron chi connectivity index (χ1n) is 5.66. The molecule has 1 atom stereocenters. The van der Waals surface area contributed by atoms with E-state index in [0.717, 1.165) is 0 Å². The molecular formula is C11H22NO4P. The summed E-state index contributed by atoms with van der Waals surface area (Å²) in [6, 6.07) is 0. The Kier molecular flexibility index (Phi) is 6.68. The third-order valence-corrected chi connectivity index (χ3v) is 4.26. The summed E-state index contributed by atoms with van der Waals surface area (Å²) in [7, 11) is -2.34. The smallest absolute Gasteiger partial charge is 0.328 e. The van der Waals surface area contributed by atoms with Crippen LogP contribution in [0.5, 0.6) is 0 Å². The SMILES string of the molecule is C=C(C)C(=O)N(C)CCCC(CC)P(=O)(O)O. The molecule has 0 saturated carbocycles. The van der Waals surface area contributed by atoms with Gasteiger partial charge in [-0.1, -0.05) is 13.5 Å². The molecule has 1 unspecified atom stereocenters. The van der Waals surface area contributed by atoms with Crippen LogP contribution in [0.15, 0.2) is 12.2 Å². The van der Waals surface area contributed by atoms with Crippen molar-refractivity contribution in [2.45, 2.75) is 38.8 Å². The second kappa shape index (κ2) is 6.94. The number of amides is 1. The maximum Gasteiger partial charge on any atom is 0.328 e. The summed E-state index contributed by atoms with van der Waals surface area (Å²) in [5.74, 6) is -0.130. The van der Waals surface area contributed by atoms with Crippen molar-refractivity contribution in [2.75, 3.05) is 13.6 Å². The largest absolute Gasteiger partial charge is 0.342 e. The Morgan fingerprint density at radius 1 is 1.47 bits per heavy atom. The fourth-order valence-electron chi connectivity index (χ4n) is 1.60. The predicted octanol–water partition coefficient (Wildman–Crippen LogP) is 1.76. The van der Waals surface area contributed by atoms with Gasteiger partial charge in [-0.3, -0.25) is 9.36 Å². The van der Waals surface area contributed by atoms with Crippen molar-refractivity contribution in [1.82, 2.24) is 4.90 Å². The number of hydrogen-bond donors (Lipinski definition) is 2. The van der Waals surface area contributed by atoms with E-state index in [9.17, 15) is 9.36 Å². The van der Waals surface area contributed by atoms with Crippen LogP contribution in [-0.4, -0.2) is 39.8 Å². The highest BCUT2D eigenvalue weighted by Crippen LogP contribution is 2.44. The zero-order valence-corrected chi connectivity index (χ0v) is 11.6. The lowest BCUT2D eigenvalue weighted by Gasteiger charge is -2.20. The van der Waals surface area contributed by atoms with E-state index in [0.29, 0.717) is 31.4 Å². The van der Waals surface area contributed by atoms with Crippen molar-refractivity contribution in [2.24, 2.45) is 0 Å². The minimum Gasteiger partial charge on any atom is -0.342 e. The molecule has 5 nitrogen and oxygen atoms in total. The first kappa shape index (κ1) is 16.4. The van der Waals surface area contributed by atoms with Crippen molar-refractivity contribution < 1.29 is 19.1 Å². The summed E-state index contributed by atoms with van der Waals surface area (Å²) in [6.45, 7) is 7.45. The van der Waals surface area contributed by atoms with E-state index in [4.69, 9.17) is 9.79 Å². The third-order valence-electron chi connectivity index (χ3n) is 2.69. The maximum atomic E-state index is 11.5. The van der Waals surface area contributed by atoms with Crippen LogP contribution in [-0.2, 0) is 9.36 Å². The minimum absolute atomic E-state index is 0.130. The summed E-state index contributed by atoms with van der Waals surface area (Å²) >= 11 is 0. The topological polar surface area (TPSA) is 77.8 Å². The monoisotopic (exact) mass is 263 g/mol. The lowest BCUT2D eigenvalue weighted by molar-refractivity contribution is -0.125. The quantitative estimate of drug-likeness (QED) is 0.542. The van der Waals surface area contributed by atoms with Gasteiger partial charge in [0.15, 0.2) is 0 Å². The lowest BCUT2D eigenvalue weighted by atomic mass is 10.2. The first-order valence-corrected chi connectivity index (χ1v) is 7.34. The molecule has 0 aliphatic heterocycles. The van der Waals surface area contributed by atoms with Gasteiger partial charge in [0, 0.05) is 19.2 Å². The van der Waals surface area contributed by atoms with Gasteiger partial charge >= 0.3 is 7.60 Å². The molecule has 0 aliphatic carbocycles. The molecule has 0 fully saturated rings. The summed E-state index contributed by atoms with van der Waals surface area (Å²) in [4.78, 5) is 31.1. The van der Waals surface area contributed by atoms with E-state index in [1.807, 2.05) is 0 Å². The summed E-state index contributed by atoms with van der Waals surface area (Å²) < 4.78 is 11.1. The van der Waals surface area contributed by atoms with Crippen LogP contribution in [0, 0.1) is 0 Å². The molecule has 0 spiro atoms. The molecule has 0 aromatic heterocycles. The third kappa shape index (κ3) is 6.01. The van der Waals surface area contributed by atoms with Crippen molar-refractivity contribution in [1.29, 1.82) is 0 Å². The summed E-state index contributed by atoms with van der Waals surface area (Å²) in [6.07, 6.45) is 1.45. The molecule has 1 amide bonds. The van der Waals surface area contributed by atoms with E-state index < -0.39 is 13.3 Å². The van der Waals surface area contributed by atoms with Crippen molar-refractivity contribution in [3.63, 3.8) is 0 Å². The summed E-state index contributed by atoms with van der Waals surface area (Å²) in [5.41, 5.74) is -0.134. The fraction of sp³-hybridized carbons (Fsp3) is 0.727. The second-order valence-corrected chi connectivity index (χ2v) is 6.21. The van der Waals surface area contributed by atoms with Gasteiger partial charge in [-0.05, 0) is 26.2 Å². The molecule has 0 aromatic rings. The van der Waals surface area contributed by atoms with Crippen LogP contribution < -0.4 is 0 Å². The Bertz CT molecular complexity index is 323. The first-order chi connectivity index (χ1) is 7.70. The Balaban J connectivity index is 4.11. The van der Waals surface area contributed by atoms with Gasteiger partial charge in [0.05, 0.1) is 5.66 Å². The zero-order valence-electron chi connectivity index (χ0n) is 10.7. The number of carbonyl (C=O) groups excluding carboxylic acids is 1. The highest BCUT2D eigenvalue weighted by molar-refractivity contribution is 7.52. The molecule has 0 radical (unpaired) electrons. The molecule has 0 aromatic carbocycles. The standard InChI is InChI=1S/C11H22NO4P/c1-5-10(17(14,15)16)7-6-8-12(4)11(13)9(2)3/h10H,2,5-8H2,1,3-4H3,(H2,14,15,16). The van der Waals surface area contributed by atoms with Crippen molar-refractivity contribution in [3.8, 4) is 0 Å². The zero-order chi connectivity index (χ0) is 13.6. The van der Waals surface area contributed by atoms with Crippen LogP contribution in [0.3, 0.4) is 0 Å². The van der Waals surface area contributed by atoms with E-state index in [1.54, 1.807) is 20.9 Å². The van der Waals surface area contributed by atoms with Gasteiger partial charge in [0.1, 0.15) is 0 Å². The number of likely N-dealkylation sites (N-methyl/N-ethyl adjacent to an activating group) is 1. The van der Waals surface area contributed by atoms with Crippen LogP contribution >= 0.6 is 7.60 Å². The lowest BCUT2D eigenvalue weighted by Crippen LogP contribution is -2.28. The van der Waals surface area contributed by atoms with Crippen LogP contribution in [0.1, 0.15) is 33.1 Å². The summed E-state index contributed by atoms with van der Waals surface area (Å²) in [5, 5.41) is 0. The van der Waals surface area contributed by atoms with Crippen molar-refractivity contribution in [3.05, 3.63) is 12.2 Å². The molecule has 0 saturated heterocycles. The highest BCUT2D eigenvalue weighted by atomic mass is 31.2. The number of hydrogen-bond acceptors (Lipinski definition) is 2. The number of rotatable bonds is 7. The van der Waals surface area contributed by atoms with Gasteiger partial charge in [-0.15, -0.1) is 0 Å². The predicted molar refractivity (Wildman–Crippen MR) is 67.8 cm³/mol. The molecule has 0 bridgehead atoms. The molecule has 2 N–H and O–H groups in total. The van der Waals surface area contributed by atoms with Gasteiger partial charge in [-0.2, -0.15) is 0 Å². The van der Waals surface area contributed by atoms with Crippen LogP contribution in [0.2, 0.25) is 0 Å². The molecule has 6 heteroatoms. The molecule has 0 heterocycles. The Labute approximate surface area is 103 Å². The molecular weight excluding hydrogens is 241 g/mol. The van der Waals surface area contributed by atoms with E-state index in [1.165, 1.54) is 4.90 Å². The van der Waals surface area contributed by atoms with E-state index in [-0.39, 0.29) is 5.91 Å². The van der Waals surface area contributed by atoms with Gasteiger partial charge in [0.2, 0.25) is 5.91 Å². The van der Waals surface area contributed by atoms with E-state index >= 15 is 0 Å².